The van der Waals surface area contributed by atoms with Crippen LogP contribution in [0.1, 0.15) is 45.6 Å². The van der Waals surface area contributed by atoms with E-state index in [1.807, 2.05) is 0 Å². The number of piperidine rings is 1. The number of nitrogens with zero attached hydrogens (tertiary/aromatic N) is 1. The van der Waals surface area contributed by atoms with Gasteiger partial charge in [-0.25, -0.2) is 0 Å². The number of rotatable bonds is 5. The summed E-state index contributed by atoms with van der Waals surface area (Å²) in [6.07, 6.45) is 3.90. The summed E-state index contributed by atoms with van der Waals surface area (Å²) in [5, 5.41) is 3.37. The van der Waals surface area contributed by atoms with Crippen LogP contribution in [-0.4, -0.2) is 19.6 Å². The van der Waals surface area contributed by atoms with Crippen LogP contribution in [0.5, 0.6) is 0 Å². The van der Waals surface area contributed by atoms with Crippen LogP contribution < -0.4 is 10.2 Å². The fourth-order valence-corrected chi connectivity index (χ4v) is 3.50. The average molecular weight is 339 g/mol. The van der Waals surface area contributed by atoms with E-state index in [0.29, 0.717) is 5.41 Å². The monoisotopic (exact) mass is 338 g/mol. The van der Waals surface area contributed by atoms with Gasteiger partial charge in [0, 0.05) is 24.1 Å². The molecule has 1 heterocycles. The van der Waals surface area contributed by atoms with Crippen molar-refractivity contribution in [3.05, 3.63) is 28.2 Å². The van der Waals surface area contributed by atoms with Gasteiger partial charge in [-0.15, -0.1) is 0 Å². The molecule has 2 rings (SSSR count). The van der Waals surface area contributed by atoms with Gasteiger partial charge in [-0.3, -0.25) is 0 Å². The minimum Gasteiger partial charge on any atom is -0.371 e. The second-order valence-electron chi connectivity index (χ2n) is 6.22. The molecule has 1 aromatic rings. The molecule has 0 aliphatic carbocycles. The second kappa shape index (κ2) is 6.95. The molecule has 0 aromatic heterocycles. The van der Waals surface area contributed by atoms with Gasteiger partial charge in [-0.05, 0) is 58.4 Å². The number of hydrogen-bond donors (Lipinski definition) is 1. The normalized spacial score (nSPS) is 18.3. The minimum atomic E-state index is 0.550. The second-order valence-corrected chi connectivity index (χ2v) is 7.07. The Labute approximate surface area is 132 Å². The summed E-state index contributed by atoms with van der Waals surface area (Å²) >= 11 is 3.75. The fraction of sp³-hybridized carbons (Fsp3) is 0.647. The lowest BCUT2D eigenvalue weighted by Gasteiger charge is -2.40. The molecule has 0 spiro atoms. The van der Waals surface area contributed by atoms with Crippen molar-refractivity contribution in [2.24, 2.45) is 5.41 Å². The van der Waals surface area contributed by atoms with E-state index in [-0.39, 0.29) is 0 Å². The third kappa shape index (κ3) is 3.76. The van der Waals surface area contributed by atoms with E-state index < -0.39 is 0 Å². The topological polar surface area (TPSA) is 15.3 Å². The van der Waals surface area contributed by atoms with Gasteiger partial charge in [0.2, 0.25) is 0 Å². The van der Waals surface area contributed by atoms with Gasteiger partial charge in [0.05, 0.1) is 5.69 Å². The van der Waals surface area contributed by atoms with Gasteiger partial charge in [-0.1, -0.05) is 33.3 Å². The predicted molar refractivity (Wildman–Crippen MR) is 91.4 cm³/mol. The highest BCUT2D eigenvalue weighted by Gasteiger charge is 2.28. The Balaban J connectivity index is 2.03. The highest BCUT2D eigenvalue weighted by Crippen LogP contribution is 2.37. The van der Waals surface area contributed by atoms with Crippen LogP contribution in [-0.2, 0) is 6.54 Å². The van der Waals surface area contributed by atoms with Gasteiger partial charge >= 0.3 is 0 Å². The molecule has 1 N–H and O–H groups in total. The molecule has 0 atom stereocenters. The Hall–Kier alpha value is -0.540. The van der Waals surface area contributed by atoms with Gasteiger partial charge in [0.1, 0.15) is 0 Å². The molecule has 1 aliphatic rings. The van der Waals surface area contributed by atoms with Crippen molar-refractivity contribution >= 4 is 21.6 Å². The van der Waals surface area contributed by atoms with Crippen LogP contribution in [0.25, 0.3) is 0 Å². The predicted octanol–water partition coefficient (Wildman–Crippen LogP) is 4.58. The lowest BCUT2D eigenvalue weighted by molar-refractivity contribution is 0.238. The zero-order valence-electron chi connectivity index (χ0n) is 13.0. The maximum atomic E-state index is 3.75. The third-order valence-electron chi connectivity index (χ3n) is 4.76. The summed E-state index contributed by atoms with van der Waals surface area (Å²) in [5.74, 6) is 0. The van der Waals surface area contributed by atoms with Gasteiger partial charge in [-0.2, -0.15) is 0 Å². The summed E-state index contributed by atoms with van der Waals surface area (Å²) in [6.45, 7) is 11.2. The van der Waals surface area contributed by atoms with E-state index in [0.717, 1.165) is 13.1 Å². The number of benzene rings is 1. The average Bonchev–Trinajstić information content (AvgIpc) is 2.46. The lowest BCUT2D eigenvalue weighted by Crippen LogP contribution is -2.38. The molecule has 1 aromatic carbocycles. The van der Waals surface area contributed by atoms with E-state index in [1.165, 1.54) is 48.1 Å². The number of anilines is 1. The van der Waals surface area contributed by atoms with Crippen LogP contribution in [0.3, 0.4) is 0 Å². The van der Waals surface area contributed by atoms with E-state index in [1.54, 1.807) is 0 Å². The van der Waals surface area contributed by atoms with Crippen LogP contribution in [0.2, 0.25) is 0 Å². The zero-order valence-corrected chi connectivity index (χ0v) is 14.6. The van der Waals surface area contributed by atoms with E-state index in [4.69, 9.17) is 0 Å². The molecule has 112 valence electrons. The SMILES string of the molecule is CCNCc1ccc(N2CCC(C)(CC)CC2)c(Br)c1. The summed E-state index contributed by atoms with van der Waals surface area (Å²) < 4.78 is 1.23. The lowest BCUT2D eigenvalue weighted by atomic mass is 9.78. The molecule has 1 fully saturated rings. The van der Waals surface area contributed by atoms with Crippen LogP contribution in [0.15, 0.2) is 22.7 Å². The largest absolute Gasteiger partial charge is 0.371 e. The van der Waals surface area contributed by atoms with Crippen molar-refractivity contribution in [2.75, 3.05) is 24.5 Å². The molecule has 3 heteroatoms. The molecule has 20 heavy (non-hydrogen) atoms. The summed E-state index contributed by atoms with van der Waals surface area (Å²) in [6, 6.07) is 6.77. The van der Waals surface area contributed by atoms with E-state index >= 15 is 0 Å². The summed E-state index contributed by atoms with van der Waals surface area (Å²) in [7, 11) is 0. The Morgan fingerprint density at radius 3 is 2.50 bits per heavy atom. The minimum absolute atomic E-state index is 0.550. The highest BCUT2D eigenvalue weighted by molar-refractivity contribution is 9.10. The number of nitrogens with one attached hydrogen (secondary N) is 1. The molecule has 0 radical (unpaired) electrons. The summed E-state index contributed by atoms with van der Waals surface area (Å²) in [4.78, 5) is 2.53. The molecular formula is C17H27BrN2. The molecule has 0 unspecified atom stereocenters. The first-order valence-electron chi connectivity index (χ1n) is 7.82. The molecular weight excluding hydrogens is 312 g/mol. The Kier molecular flexibility index (Phi) is 5.50. The maximum absolute atomic E-state index is 3.75. The number of hydrogen-bond acceptors (Lipinski definition) is 2. The van der Waals surface area contributed by atoms with Gasteiger partial charge in [0.25, 0.3) is 0 Å². The molecule has 1 aliphatic heterocycles. The van der Waals surface area contributed by atoms with Crippen molar-refractivity contribution in [2.45, 2.75) is 46.6 Å². The standard InChI is InChI=1S/C17H27BrN2/c1-4-17(3)8-10-20(11-9-17)16-7-6-14(12-15(16)18)13-19-5-2/h6-7,12,19H,4-5,8-11,13H2,1-3H3. The van der Waals surface area contributed by atoms with Crippen LogP contribution in [0.4, 0.5) is 5.69 Å². The molecule has 0 bridgehead atoms. The maximum Gasteiger partial charge on any atom is 0.0510 e. The van der Waals surface area contributed by atoms with Crippen molar-refractivity contribution < 1.29 is 0 Å². The first kappa shape index (κ1) is 15.8. The van der Waals surface area contributed by atoms with Crippen molar-refractivity contribution in [3.8, 4) is 0 Å². The molecule has 2 nitrogen and oxygen atoms in total. The van der Waals surface area contributed by atoms with Crippen LogP contribution >= 0.6 is 15.9 Å². The highest BCUT2D eigenvalue weighted by atomic mass is 79.9. The van der Waals surface area contributed by atoms with E-state index in [9.17, 15) is 0 Å². The molecule has 0 saturated carbocycles. The fourth-order valence-electron chi connectivity index (χ4n) is 2.83. The van der Waals surface area contributed by atoms with E-state index in [2.05, 4.69) is 65.1 Å². The van der Waals surface area contributed by atoms with Crippen molar-refractivity contribution in [1.29, 1.82) is 0 Å². The Morgan fingerprint density at radius 2 is 1.95 bits per heavy atom. The first-order chi connectivity index (χ1) is 9.58. The zero-order chi connectivity index (χ0) is 14.6. The number of halogens is 1. The van der Waals surface area contributed by atoms with Crippen molar-refractivity contribution in [1.82, 2.24) is 5.32 Å². The smallest absolute Gasteiger partial charge is 0.0510 e. The molecule has 0 amide bonds. The van der Waals surface area contributed by atoms with Crippen LogP contribution in [0, 0.1) is 5.41 Å². The Morgan fingerprint density at radius 1 is 1.25 bits per heavy atom. The Bertz CT molecular complexity index is 437. The summed E-state index contributed by atoms with van der Waals surface area (Å²) in [5.41, 5.74) is 3.25. The quantitative estimate of drug-likeness (QED) is 0.845. The van der Waals surface area contributed by atoms with Gasteiger partial charge < -0.3 is 10.2 Å². The molecule has 1 saturated heterocycles. The van der Waals surface area contributed by atoms with Gasteiger partial charge in [0.15, 0.2) is 0 Å². The third-order valence-corrected chi connectivity index (χ3v) is 5.39. The first-order valence-corrected chi connectivity index (χ1v) is 8.61. The van der Waals surface area contributed by atoms with Crippen molar-refractivity contribution in [3.63, 3.8) is 0 Å².